The smallest absolute Gasteiger partial charge is 0.245 e. The summed E-state index contributed by atoms with van der Waals surface area (Å²) in [6.45, 7) is 9.15. The van der Waals surface area contributed by atoms with Crippen LogP contribution in [0.4, 0.5) is 49.1 Å². The summed E-state index contributed by atoms with van der Waals surface area (Å²) in [5.74, 6) is 0.951. The van der Waals surface area contributed by atoms with Gasteiger partial charge in [0.25, 0.3) is 0 Å². The highest BCUT2D eigenvalue weighted by Crippen LogP contribution is 2.31. The number of aromatic hydroxyl groups is 1. The number of ether oxygens (including phenoxy) is 2. The van der Waals surface area contributed by atoms with E-state index in [1.165, 1.54) is 6.20 Å². The van der Waals surface area contributed by atoms with Crippen molar-refractivity contribution in [2.75, 3.05) is 78.5 Å². The molecular formula is C52H53ClF2N12O3. The molecule has 0 radical (unpaired) electrons. The van der Waals surface area contributed by atoms with Gasteiger partial charge in [-0.15, -0.1) is 0 Å². The molecule has 0 amide bonds. The summed E-state index contributed by atoms with van der Waals surface area (Å²) < 4.78 is 39.1. The van der Waals surface area contributed by atoms with E-state index in [4.69, 9.17) is 21.1 Å². The number of hydrazone groups is 1. The van der Waals surface area contributed by atoms with Gasteiger partial charge in [-0.05, 0) is 101 Å². The Morgan fingerprint density at radius 1 is 0.686 bits per heavy atom. The number of nitrogens with zero attached hydrogens (tertiary/aromatic N) is 9. The fourth-order valence-corrected chi connectivity index (χ4v) is 7.84. The number of rotatable bonds is 15. The number of benzene rings is 4. The monoisotopic (exact) mass is 966 g/mol. The third-order valence-corrected chi connectivity index (χ3v) is 11.2. The van der Waals surface area contributed by atoms with Crippen molar-refractivity contribution in [2.45, 2.75) is 26.8 Å². The van der Waals surface area contributed by atoms with Crippen LogP contribution in [-0.2, 0) is 22.4 Å². The second kappa shape index (κ2) is 24.1. The molecule has 9 rings (SSSR count). The van der Waals surface area contributed by atoms with E-state index in [9.17, 15) is 13.9 Å². The Bertz CT molecular complexity index is 2880. The van der Waals surface area contributed by atoms with Crippen LogP contribution >= 0.6 is 11.6 Å². The van der Waals surface area contributed by atoms with Gasteiger partial charge in [-0.25, -0.2) is 29.2 Å². The molecule has 2 aliphatic rings. The maximum absolute atomic E-state index is 14.4. The molecule has 0 spiro atoms. The minimum absolute atomic E-state index is 0.200. The van der Waals surface area contributed by atoms with Gasteiger partial charge in [0.05, 0.1) is 69.2 Å². The molecule has 2 fully saturated rings. The minimum Gasteiger partial charge on any atom is -0.508 e. The highest BCUT2D eigenvalue weighted by molar-refractivity contribution is 6.31. The third-order valence-electron chi connectivity index (χ3n) is 10.9. The van der Waals surface area contributed by atoms with Crippen LogP contribution in [-0.4, -0.2) is 95.1 Å². The molecule has 70 heavy (non-hydrogen) atoms. The quantitative estimate of drug-likeness (QED) is 0.0566. The van der Waals surface area contributed by atoms with Gasteiger partial charge in [0.2, 0.25) is 5.95 Å². The number of pyridine rings is 1. The zero-order chi connectivity index (χ0) is 48.7. The van der Waals surface area contributed by atoms with Gasteiger partial charge >= 0.3 is 0 Å². The molecule has 3 aromatic heterocycles. The maximum atomic E-state index is 14.4. The topological polar surface area (TPSA) is 170 Å². The Morgan fingerprint density at radius 3 is 2.09 bits per heavy atom. The zero-order valence-electron chi connectivity index (χ0n) is 38.8. The number of phenols is 1. The molecule has 4 aromatic carbocycles. The summed E-state index contributed by atoms with van der Waals surface area (Å²) in [5, 5.41) is 21.6. The average molecular weight is 968 g/mol. The van der Waals surface area contributed by atoms with E-state index in [2.05, 4.69) is 71.0 Å². The molecule has 18 heteroatoms. The van der Waals surface area contributed by atoms with Crippen LogP contribution in [0, 0.1) is 17.6 Å². The number of halogens is 3. The van der Waals surface area contributed by atoms with Crippen molar-refractivity contribution in [3.8, 4) is 16.9 Å². The van der Waals surface area contributed by atoms with Crippen molar-refractivity contribution >= 4 is 64.4 Å². The molecule has 0 atom stereocenters. The first-order valence-electron chi connectivity index (χ1n) is 22.9. The molecule has 0 unspecified atom stereocenters. The summed E-state index contributed by atoms with van der Waals surface area (Å²) in [5.41, 5.74) is 11.0. The van der Waals surface area contributed by atoms with E-state index in [0.29, 0.717) is 75.2 Å². The Balaban J connectivity index is 0.000000200. The molecule has 2 aliphatic heterocycles. The molecule has 2 saturated heterocycles. The molecule has 0 aliphatic carbocycles. The minimum atomic E-state index is -0.475. The van der Waals surface area contributed by atoms with E-state index in [1.54, 1.807) is 36.8 Å². The van der Waals surface area contributed by atoms with Crippen LogP contribution in [0.5, 0.6) is 5.75 Å². The fourth-order valence-electron chi connectivity index (χ4n) is 7.61. The molecule has 0 saturated carbocycles. The summed E-state index contributed by atoms with van der Waals surface area (Å²) in [6.07, 6.45) is 8.33. The van der Waals surface area contributed by atoms with Crippen LogP contribution in [0.25, 0.3) is 11.1 Å². The summed E-state index contributed by atoms with van der Waals surface area (Å²) in [7, 11) is 0. The van der Waals surface area contributed by atoms with Gasteiger partial charge < -0.3 is 35.0 Å². The molecule has 0 bridgehead atoms. The molecule has 5 heterocycles. The van der Waals surface area contributed by atoms with Crippen LogP contribution < -0.4 is 25.9 Å². The Labute approximate surface area is 410 Å². The highest BCUT2D eigenvalue weighted by Gasteiger charge is 2.19. The number of hydrogen-bond donors (Lipinski definition) is 4. The van der Waals surface area contributed by atoms with E-state index in [1.807, 2.05) is 88.7 Å². The van der Waals surface area contributed by atoms with Crippen LogP contribution in [0.2, 0.25) is 5.02 Å². The van der Waals surface area contributed by atoms with Crippen LogP contribution in [0.15, 0.2) is 132 Å². The van der Waals surface area contributed by atoms with Gasteiger partial charge in [-0.2, -0.15) is 10.1 Å². The van der Waals surface area contributed by atoms with E-state index < -0.39 is 11.6 Å². The van der Waals surface area contributed by atoms with Gasteiger partial charge in [-0.3, -0.25) is 9.98 Å². The van der Waals surface area contributed by atoms with Crippen molar-refractivity contribution in [1.82, 2.24) is 24.9 Å². The van der Waals surface area contributed by atoms with Crippen molar-refractivity contribution < 1.29 is 23.4 Å². The van der Waals surface area contributed by atoms with E-state index >= 15 is 0 Å². The number of phenolic OH excluding ortho intramolecular Hbond substituents is 1. The van der Waals surface area contributed by atoms with Crippen molar-refractivity contribution in [3.63, 3.8) is 0 Å². The molecule has 15 nitrogen and oxygen atoms in total. The van der Waals surface area contributed by atoms with Crippen LogP contribution in [0.1, 0.15) is 36.5 Å². The van der Waals surface area contributed by atoms with Crippen LogP contribution in [0.3, 0.4) is 0 Å². The third kappa shape index (κ3) is 14.0. The lowest BCUT2D eigenvalue weighted by molar-refractivity contribution is 0.122. The van der Waals surface area contributed by atoms with Crippen molar-refractivity contribution in [2.24, 2.45) is 16.0 Å². The SMILES string of the molecule is CC(C)Cc1cc(Nc2cc(Cl)cc(-c3cccc(O)c3)c2)ccc1/C=N\Nc1ncc(F)c(N2CCOCC2)n1.Fc1cnc(CN=Cc2ccc(Nc3ccccc3)cn2)nc1N1CCOCC1. The number of anilines is 7. The summed E-state index contributed by atoms with van der Waals surface area (Å²) in [4.78, 5) is 29.2. The number of para-hydroxylation sites is 1. The molecular weight excluding hydrogens is 914 g/mol. The predicted octanol–water partition coefficient (Wildman–Crippen LogP) is 10.1. The first kappa shape index (κ1) is 48.8. The molecule has 4 N–H and O–H groups in total. The lowest BCUT2D eigenvalue weighted by Crippen LogP contribution is -2.37. The Kier molecular flexibility index (Phi) is 16.8. The standard InChI is InChI=1S/C31H32ClFN6O2.C21H21FN6O/c1-20(2)12-23-14-26(36-27-15-24(13-25(32)17-27)21-4-3-5-28(40)16-21)7-6-22(23)18-35-38-31-34-19-29(33)30(37-31)39-8-10-41-11-9-39;22-19-14-25-20(27-21(19)28-8-10-29-11-9-28)15-23-12-17-6-7-18(13-24-17)26-16-4-2-1-3-5-16/h3-7,13-20,36,40H,8-12H2,1-2H3,(H,34,37,38);1-7,12-14,26H,8-11,15H2/b35-18-;. The second-order valence-corrected chi connectivity index (χ2v) is 17.2. The van der Waals surface area contributed by atoms with Gasteiger partial charge in [0.15, 0.2) is 29.1 Å². The van der Waals surface area contributed by atoms with E-state index in [0.717, 1.165) is 63.3 Å². The van der Waals surface area contributed by atoms with E-state index in [-0.39, 0.29) is 24.1 Å². The lowest BCUT2D eigenvalue weighted by atomic mass is 9.97. The van der Waals surface area contributed by atoms with Crippen molar-refractivity contribution in [1.29, 1.82) is 0 Å². The van der Waals surface area contributed by atoms with Crippen molar-refractivity contribution in [3.05, 3.63) is 161 Å². The maximum Gasteiger partial charge on any atom is 0.245 e. The zero-order valence-corrected chi connectivity index (χ0v) is 39.5. The number of aliphatic imine (C=N–C) groups is 1. The fraction of sp³-hybridized carbons (Fsp3) is 0.250. The largest absolute Gasteiger partial charge is 0.508 e. The first-order valence-corrected chi connectivity index (χ1v) is 23.3. The lowest BCUT2D eigenvalue weighted by Gasteiger charge is -2.28. The Hall–Kier alpha value is -7.60. The van der Waals surface area contributed by atoms with Gasteiger partial charge in [-0.1, -0.05) is 61.8 Å². The first-order chi connectivity index (χ1) is 34.1. The number of nitrogens with one attached hydrogen (secondary N) is 3. The summed E-state index contributed by atoms with van der Waals surface area (Å²) in [6, 6.07) is 32.6. The van der Waals surface area contributed by atoms with Gasteiger partial charge in [0.1, 0.15) is 5.75 Å². The molecule has 7 aromatic rings. The second-order valence-electron chi connectivity index (χ2n) is 16.7. The number of hydrogen-bond acceptors (Lipinski definition) is 15. The number of aromatic nitrogens is 5. The number of morpholine rings is 2. The normalized spacial score (nSPS) is 13.9. The average Bonchev–Trinajstić information content (AvgIpc) is 3.37. The molecule has 360 valence electrons. The predicted molar refractivity (Wildman–Crippen MR) is 273 cm³/mol. The highest BCUT2D eigenvalue weighted by atomic mass is 35.5. The Morgan fingerprint density at radius 2 is 1.39 bits per heavy atom. The summed E-state index contributed by atoms with van der Waals surface area (Å²) >= 11 is 6.44. The van der Waals surface area contributed by atoms with Gasteiger partial charge in [0, 0.05) is 54.5 Å².